The Hall–Kier alpha value is -1.98. The van der Waals surface area contributed by atoms with Gasteiger partial charge in [-0.1, -0.05) is 36.4 Å². The number of aryl methyl sites for hydroxylation is 2. The lowest BCUT2D eigenvalue weighted by atomic mass is 10.1. The van der Waals surface area contributed by atoms with Crippen molar-refractivity contribution in [2.75, 3.05) is 6.54 Å². The molecule has 0 radical (unpaired) electrons. The van der Waals surface area contributed by atoms with E-state index in [-0.39, 0.29) is 0 Å². The molecule has 3 rings (SSSR count). The first-order chi connectivity index (χ1) is 11.7. The lowest BCUT2D eigenvalue weighted by molar-refractivity contribution is 0.159. The molecule has 0 bridgehead atoms. The standard InChI is InChI=1S/C19H24N4S/c1-4-12-21(18-11-10-16-8-6-7-9-17(16)18)14-23-19(24)22(13-5-2)15(3)20-23/h4-9,18H,1-2,10-14H2,3H3/t18-/m1/s1. The van der Waals surface area contributed by atoms with Gasteiger partial charge in [0.1, 0.15) is 5.82 Å². The molecule has 0 fully saturated rings. The lowest BCUT2D eigenvalue weighted by Crippen LogP contribution is -2.30. The number of aromatic nitrogens is 3. The fraction of sp³-hybridized carbons (Fsp3) is 0.368. The third-order valence-electron chi connectivity index (χ3n) is 4.64. The number of allylic oxidation sites excluding steroid dienone is 1. The van der Waals surface area contributed by atoms with Gasteiger partial charge in [-0.05, 0) is 43.1 Å². The Kier molecular flexibility index (Phi) is 5.11. The fourth-order valence-corrected chi connectivity index (χ4v) is 3.82. The van der Waals surface area contributed by atoms with E-state index in [9.17, 15) is 0 Å². The molecule has 1 atom stereocenters. The molecule has 0 saturated carbocycles. The number of nitrogens with zero attached hydrogens (tertiary/aromatic N) is 4. The maximum atomic E-state index is 5.60. The summed E-state index contributed by atoms with van der Waals surface area (Å²) in [6, 6.07) is 9.11. The van der Waals surface area contributed by atoms with Gasteiger partial charge in [0.2, 0.25) is 0 Å². The molecule has 126 valence electrons. The number of benzene rings is 1. The van der Waals surface area contributed by atoms with Crippen LogP contribution in [-0.2, 0) is 19.6 Å². The first-order valence-corrected chi connectivity index (χ1v) is 8.74. The van der Waals surface area contributed by atoms with Crippen molar-refractivity contribution in [3.8, 4) is 0 Å². The van der Waals surface area contributed by atoms with E-state index in [1.54, 1.807) is 0 Å². The van der Waals surface area contributed by atoms with Crippen LogP contribution in [0.2, 0.25) is 0 Å². The Morgan fingerprint density at radius 1 is 1.33 bits per heavy atom. The summed E-state index contributed by atoms with van der Waals surface area (Å²) in [5, 5.41) is 4.63. The zero-order valence-corrected chi connectivity index (χ0v) is 15.0. The van der Waals surface area contributed by atoms with Gasteiger partial charge in [0, 0.05) is 19.1 Å². The van der Waals surface area contributed by atoms with E-state index in [4.69, 9.17) is 12.2 Å². The predicted molar refractivity (Wildman–Crippen MR) is 100 cm³/mol. The van der Waals surface area contributed by atoms with E-state index in [0.29, 0.717) is 19.3 Å². The number of hydrogen-bond acceptors (Lipinski definition) is 3. The van der Waals surface area contributed by atoms with Crippen LogP contribution in [0.5, 0.6) is 0 Å². The van der Waals surface area contributed by atoms with Crippen molar-refractivity contribution in [1.29, 1.82) is 0 Å². The van der Waals surface area contributed by atoms with Crippen LogP contribution in [0, 0.1) is 11.7 Å². The molecule has 2 aromatic rings. The molecule has 5 heteroatoms. The van der Waals surface area contributed by atoms with E-state index in [1.807, 2.05) is 28.3 Å². The van der Waals surface area contributed by atoms with Crippen molar-refractivity contribution in [2.24, 2.45) is 0 Å². The van der Waals surface area contributed by atoms with Crippen LogP contribution in [0.1, 0.15) is 29.4 Å². The second-order valence-electron chi connectivity index (χ2n) is 6.18. The van der Waals surface area contributed by atoms with E-state index in [0.717, 1.165) is 30.0 Å². The zero-order valence-electron chi connectivity index (χ0n) is 14.2. The topological polar surface area (TPSA) is 26.0 Å². The van der Waals surface area contributed by atoms with Gasteiger partial charge in [-0.3, -0.25) is 4.90 Å². The molecule has 0 saturated heterocycles. The molecular weight excluding hydrogens is 316 g/mol. The first kappa shape index (κ1) is 16.9. The minimum Gasteiger partial charge on any atom is -0.300 e. The van der Waals surface area contributed by atoms with Gasteiger partial charge >= 0.3 is 0 Å². The quantitative estimate of drug-likeness (QED) is 0.562. The molecule has 0 aliphatic heterocycles. The Balaban J connectivity index is 1.88. The fourth-order valence-electron chi connectivity index (χ4n) is 3.52. The molecule has 0 spiro atoms. The molecule has 4 nitrogen and oxygen atoms in total. The van der Waals surface area contributed by atoms with Gasteiger partial charge in [-0.15, -0.1) is 13.2 Å². The highest BCUT2D eigenvalue weighted by atomic mass is 32.1. The molecular formula is C19H24N4S. The largest absolute Gasteiger partial charge is 0.300 e. The van der Waals surface area contributed by atoms with E-state index < -0.39 is 0 Å². The van der Waals surface area contributed by atoms with Crippen LogP contribution >= 0.6 is 12.2 Å². The molecule has 1 aliphatic rings. The van der Waals surface area contributed by atoms with E-state index >= 15 is 0 Å². The predicted octanol–water partition coefficient (Wildman–Crippen LogP) is 4.04. The highest BCUT2D eigenvalue weighted by Crippen LogP contribution is 2.35. The SMILES string of the molecule is C=CCN(Cn1nc(C)n(CC=C)c1=S)[C@@H]1CCc2ccccc21. The third-order valence-corrected chi connectivity index (χ3v) is 5.07. The molecule has 1 aliphatic carbocycles. The molecule has 1 aromatic carbocycles. The van der Waals surface area contributed by atoms with Gasteiger partial charge in [0.25, 0.3) is 0 Å². The zero-order chi connectivity index (χ0) is 17.1. The van der Waals surface area contributed by atoms with E-state index in [2.05, 4.69) is 47.4 Å². The summed E-state index contributed by atoms with van der Waals surface area (Å²) in [7, 11) is 0. The maximum Gasteiger partial charge on any atom is 0.199 e. The highest BCUT2D eigenvalue weighted by Gasteiger charge is 2.27. The molecule has 24 heavy (non-hydrogen) atoms. The molecule has 0 amide bonds. The van der Waals surface area contributed by atoms with Gasteiger partial charge in [0.05, 0.1) is 6.67 Å². The second-order valence-corrected chi connectivity index (χ2v) is 6.55. The Morgan fingerprint density at radius 2 is 2.12 bits per heavy atom. The van der Waals surface area contributed by atoms with Gasteiger partial charge in [0.15, 0.2) is 4.77 Å². The average molecular weight is 340 g/mol. The Morgan fingerprint density at radius 3 is 2.88 bits per heavy atom. The summed E-state index contributed by atoms with van der Waals surface area (Å²) < 4.78 is 4.67. The summed E-state index contributed by atoms with van der Waals surface area (Å²) in [5.41, 5.74) is 2.88. The van der Waals surface area contributed by atoms with Crippen molar-refractivity contribution < 1.29 is 0 Å². The lowest BCUT2D eigenvalue weighted by Gasteiger charge is -2.28. The summed E-state index contributed by atoms with van der Waals surface area (Å²) in [6.45, 7) is 11.9. The Bertz CT molecular complexity index is 802. The summed E-state index contributed by atoms with van der Waals surface area (Å²) >= 11 is 5.60. The number of fused-ring (bicyclic) bond motifs is 1. The van der Waals surface area contributed by atoms with Crippen molar-refractivity contribution in [1.82, 2.24) is 19.2 Å². The van der Waals surface area contributed by atoms with Gasteiger partial charge < -0.3 is 4.57 Å². The maximum absolute atomic E-state index is 5.60. The minimum atomic E-state index is 0.394. The van der Waals surface area contributed by atoms with Crippen LogP contribution in [-0.4, -0.2) is 25.8 Å². The molecule has 1 aromatic heterocycles. The van der Waals surface area contributed by atoms with Crippen molar-refractivity contribution >= 4 is 12.2 Å². The second kappa shape index (κ2) is 7.28. The van der Waals surface area contributed by atoms with Gasteiger partial charge in [-0.2, -0.15) is 5.10 Å². The van der Waals surface area contributed by atoms with Crippen molar-refractivity contribution in [2.45, 2.75) is 39.0 Å². The van der Waals surface area contributed by atoms with Crippen LogP contribution in [0.25, 0.3) is 0 Å². The Labute approximate surface area is 148 Å². The molecule has 1 heterocycles. The van der Waals surface area contributed by atoms with Gasteiger partial charge in [-0.25, -0.2) is 4.68 Å². The minimum absolute atomic E-state index is 0.394. The monoisotopic (exact) mass is 340 g/mol. The highest BCUT2D eigenvalue weighted by molar-refractivity contribution is 7.71. The summed E-state index contributed by atoms with van der Waals surface area (Å²) in [4.78, 5) is 2.40. The number of rotatable bonds is 7. The molecule has 0 unspecified atom stereocenters. The first-order valence-electron chi connectivity index (χ1n) is 8.33. The van der Waals surface area contributed by atoms with Crippen LogP contribution < -0.4 is 0 Å². The van der Waals surface area contributed by atoms with Crippen LogP contribution in [0.15, 0.2) is 49.6 Å². The van der Waals surface area contributed by atoms with Crippen molar-refractivity contribution in [3.05, 3.63) is 71.3 Å². The third kappa shape index (κ3) is 3.14. The number of hydrogen-bond donors (Lipinski definition) is 0. The van der Waals surface area contributed by atoms with E-state index in [1.165, 1.54) is 11.1 Å². The van der Waals surface area contributed by atoms with Crippen molar-refractivity contribution in [3.63, 3.8) is 0 Å². The normalized spacial score (nSPS) is 16.3. The van der Waals surface area contributed by atoms with Crippen LogP contribution in [0.3, 0.4) is 0 Å². The summed E-state index contributed by atoms with van der Waals surface area (Å²) in [5.74, 6) is 0.922. The molecule has 0 N–H and O–H groups in total. The average Bonchev–Trinajstić information content (AvgIpc) is 3.11. The van der Waals surface area contributed by atoms with Crippen LogP contribution in [0.4, 0.5) is 0 Å². The smallest absolute Gasteiger partial charge is 0.199 e. The summed E-state index contributed by atoms with van der Waals surface area (Å²) in [6.07, 6.45) is 6.07.